The van der Waals surface area contributed by atoms with Gasteiger partial charge < -0.3 is 14.8 Å². The third-order valence-electron chi connectivity index (χ3n) is 4.03. The van der Waals surface area contributed by atoms with Crippen molar-refractivity contribution in [1.82, 2.24) is 9.78 Å². The fourth-order valence-electron chi connectivity index (χ4n) is 2.61. The van der Waals surface area contributed by atoms with E-state index in [1.807, 2.05) is 19.1 Å². The lowest BCUT2D eigenvalue weighted by Crippen LogP contribution is -2.27. The van der Waals surface area contributed by atoms with Crippen molar-refractivity contribution >= 4 is 17.3 Å². The van der Waals surface area contributed by atoms with Gasteiger partial charge in [-0.05, 0) is 31.2 Å². The predicted molar refractivity (Wildman–Crippen MR) is 106 cm³/mol. The van der Waals surface area contributed by atoms with Crippen molar-refractivity contribution in [3.8, 4) is 17.2 Å². The molecule has 1 unspecified atom stereocenters. The molecule has 152 valence electrons. The number of rotatable bonds is 7. The number of anilines is 1. The van der Waals surface area contributed by atoms with Crippen LogP contribution in [-0.2, 0) is 0 Å². The molecular formula is C20H18ClF2N3O3. The molecular weight excluding hydrogens is 404 g/mol. The van der Waals surface area contributed by atoms with Crippen LogP contribution in [0, 0.1) is 11.6 Å². The number of para-hydroxylation sites is 2. The van der Waals surface area contributed by atoms with Crippen molar-refractivity contribution in [2.45, 2.75) is 13.0 Å². The maximum absolute atomic E-state index is 13.9. The van der Waals surface area contributed by atoms with E-state index in [2.05, 4.69) is 10.4 Å². The van der Waals surface area contributed by atoms with Crippen molar-refractivity contribution in [3.05, 3.63) is 75.7 Å². The molecule has 0 aliphatic rings. The number of ether oxygens (including phenoxy) is 2. The minimum Gasteiger partial charge on any atom is -0.493 e. The summed E-state index contributed by atoms with van der Waals surface area (Å²) in [6.07, 6.45) is 1.00. The summed E-state index contributed by atoms with van der Waals surface area (Å²) in [5, 5.41) is 6.74. The Kier molecular flexibility index (Phi) is 6.33. The molecule has 0 radical (unpaired) electrons. The van der Waals surface area contributed by atoms with Gasteiger partial charge in [0.2, 0.25) is 0 Å². The van der Waals surface area contributed by atoms with Gasteiger partial charge in [-0.1, -0.05) is 23.7 Å². The van der Waals surface area contributed by atoms with Crippen molar-refractivity contribution in [2.24, 2.45) is 0 Å². The minimum atomic E-state index is -0.921. The molecule has 0 aliphatic heterocycles. The van der Waals surface area contributed by atoms with E-state index in [4.69, 9.17) is 21.1 Å². The van der Waals surface area contributed by atoms with Crippen LogP contribution in [-0.4, -0.2) is 29.5 Å². The topological polar surface area (TPSA) is 65.4 Å². The number of nitrogens with one attached hydrogen (secondary N) is 1. The van der Waals surface area contributed by atoms with E-state index in [-0.39, 0.29) is 22.5 Å². The Morgan fingerprint density at radius 1 is 1.21 bits per heavy atom. The maximum atomic E-state index is 13.9. The van der Waals surface area contributed by atoms with Gasteiger partial charge in [-0.25, -0.2) is 8.78 Å². The highest BCUT2D eigenvalue weighted by atomic mass is 35.5. The average molecular weight is 422 g/mol. The fraction of sp³-hybridized carbons (Fsp3) is 0.200. The lowest BCUT2D eigenvalue weighted by atomic mass is 10.3. The van der Waals surface area contributed by atoms with Gasteiger partial charge in [-0.2, -0.15) is 9.78 Å². The van der Waals surface area contributed by atoms with Crippen LogP contribution in [0.1, 0.15) is 6.92 Å². The van der Waals surface area contributed by atoms with Gasteiger partial charge in [0.1, 0.15) is 22.6 Å². The summed E-state index contributed by atoms with van der Waals surface area (Å²) in [5.41, 5.74) is -0.663. The summed E-state index contributed by atoms with van der Waals surface area (Å²) in [6.45, 7) is 2.14. The van der Waals surface area contributed by atoms with Crippen molar-refractivity contribution in [3.63, 3.8) is 0 Å². The quantitative estimate of drug-likeness (QED) is 0.623. The Morgan fingerprint density at radius 2 is 1.93 bits per heavy atom. The summed E-state index contributed by atoms with van der Waals surface area (Å²) in [5.74, 6) is -0.499. The fourth-order valence-corrected chi connectivity index (χ4v) is 2.80. The number of hydrogen-bond donors (Lipinski definition) is 1. The molecule has 0 spiro atoms. The summed E-state index contributed by atoms with van der Waals surface area (Å²) >= 11 is 6.13. The van der Waals surface area contributed by atoms with E-state index in [1.54, 1.807) is 19.2 Å². The Morgan fingerprint density at radius 3 is 2.62 bits per heavy atom. The molecule has 0 aliphatic carbocycles. The zero-order chi connectivity index (χ0) is 21.0. The number of benzene rings is 2. The third kappa shape index (κ3) is 4.65. The number of methoxy groups -OCH3 is 1. The lowest BCUT2D eigenvalue weighted by molar-refractivity contribution is 0.223. The highest BCUT2D eigenvalue weighted by molar-refractivity contribution is 6.32. The van der Waals surface area contributed by atoms with E-state index in [0.29, 0.717) is 24.1 Å². The second kappa shape index (κ2) is 8.91. The van der Waals surface area contributed by atoms with Gasteiger partial charge in [0.25, 0.3) is 5.56 Å². The number of aromatic nitrogens is 2. The molecule has 0 bridgehead atoms. The van der Waals surface area contributed by atoms with Crippen LogP contribution in [0.25, 0.3) is 5.69 Å². The van der Waals surface area contributed by atoms with E-state index in [0.717, 1.165) is 16.8 Å². The van der Waals surface area contributed by atoms with Crippen molar-refractivity contribution in [1.29, 1.82) is 0 Å². The van der Waals surface area contributed by atoms with Crippen molar-refractivity contribution in [2.75, 3.05) is 19.0 Å². The maximum Gasteiger partial charge on any atom is 0.292 e. The molecule has 0 saturated heterocycles. The largest absolute Gasteiger partial charge is 0.493 e. The van der Waals surface area contributed by atoms with Gasteiger partial charge in [0.05, 0.1) is 25.5 Å². The van der Waals surface area contributed by atoms with Gasteiger partial charge >= 0.3 is 0 Å². The molecule has 2 aromatic carbocycles. The molecule has 3 aromatic rings. The highest BCUT2D eigenvalue weighted by Crippen LogP contribution is 2.27. The predicted octanol–water partition coefficient (Wildman–Crippen LogP) is 4.05. The van der Waals surface area contributed by atoms with Crippen LogP contribution in [0.5, 0.6) is 11.5 Å². The first-order valence-corrected chi connectivity index (χ1v) is 9.05. The van der Waals surface area contributed by atoms with Crippen LogP contribution in [0.2, 0.25) is 5.02 Å². The highest BCUT2D eigenvalue weighted by Gasteiger charge is 2.15. The average Bonchev–Trinajstić information content (AvgIpc) is 2.70. The second-order valence-electron chi connectivity index (χ2n) is 6.15. The first-order chi connectivity index (χ1) is 13.9. The molecule has 3 rings (SSSR count). The normalized spacial score (nSPS) is 11.8. The Balaban J connectivity index is 1.73. The smallest absolute Gasteiger partial charge is 0.292 e. The molecule has 0 amide bonds. The zero-order valence-electron chi connectivity index (χ0n) is 15.7. The SMILES string of the molecule is COc1ccccc1OC(C)CNc1cnn(-c2ccc(F)cc2F)c(=O)c1Cl. The summed E-state index contributed by atoms with van der Waals surface area (Å²) in [7, 11) is 1.55. The van der Waals surface area contributed by atoms with Gasteiger partial charge in [0.15, 0.2) is 17.3 Å². The van der Waals surface area contributed by atoms with E-state index >= 15 is 0 Å². The van der Waals surface area contributed by atoms with Crippen LogP contribution in [0.4, 0.5) is 14.5 Å². The molecule has 0 saturated carbocycles. The monoisotopic (exact) mass is 421 g/mol. The third-order valence-corrected chi connectivity index (χ3v) is 4.40. The van der Waals surface area contributed by atoms with Crippen molar-refractivity contribution < 1.29 is 18.3 Å². The van der Waals surface area contributed by atoms with Crippen LogP contribution in [0.3, 0.4) is 0 Å². The van der Waals surface area contributed by atoms with Gasteiger partial charge in [-0.3, -0.25) is 4.79 Å². The molecule has 29 heavy (non-hydrogen) atoms. The molecule has 1 heterocycles. The lowest BCUT2D eigenvalue weighted by Gasteiger charge is -2.18. The van der Waals surface area contributed by atoms with Gasteiger partial charge in [0, 0.05) is 6.07 Å². The first kappa shape index (κ1) is 20.6. The van der Waals surface area contributed by atoms with E-state index in [9.17, 15) is 13.6 Å². The Labute approximate surface area is 170 Å². The molecule has 1 atom stereocenters. The minimum absolute atomic E-state index is 0.173. The molecule has 0 fully saturated rings. The van der Waals surface area contributed by atoms with Gasteiger partial charge in [-0.15, -0.1) is 0 Å². The zero-order valence-corrected chi connectivity index (χ0v) is 16.4. The van der Waals surface area contributed by atoms with Crippen LogP contribution < -0.4 is 20.3 Å². The second-order valence-corrected chi connectivity index (χ2v) is 6.52. The number of hydrogen-bond acceptors (Lipinski definition) is 5. The summed E-state index contributed by atoms with van der Waals surface area (Å²) < 4.78 is 38.9. The van der Waals surface area contributed by atoms with Crippen LogP contribution >= 0.6 is 11.6 Å². The standard InChI is InChI=1S/C20H18ClF2N3O3/c1-12(29-18-6-4-3-5-17(18)28-2)10-24-15-11-25-26(20(27)19(15)21)16-8-7-13(22)9-14(16)23/h3-9,11-12,24H,10H2,1-2H3. The summed E-state index contributed by atoms with van der Waals surface area (Å²) in [4.78, 5) is 12.5. The molecule has 6 nitrogen and oxygen atoms in total. The Bertz CT molecular complexity index is 1080. The number of nitrogens with zero attached hydrogens (tertiary/aromatic N) is 2. The van der Waals surface area contributed by atoms with E-state index in [1.165, 1.54) is 6.20 Å². The number of halogens is 3. The molecule has 1 N–H and O–H groups in total. The van der Waals surface area contributed by atoms with Crippen LogP contribution in [0.15, 0.2) is 53.5 Å². The summed E-state index contributed by atoms with van der Waals surface area (Å²) in [6, 6.07) is 10.0. The molecule has 1 aromatic heterocycles. The first-order valence-electron chi connectivity index (χ1n) is 8.67. The molecule has 9 heteroatoms. The Hall–Kier alpha value is -3.13. The van der Waals surface area contributed by atoms with E-state index < -0.39 is 17.2 Å².